The number of rotatable bonds is 4. The lowest BCUT2D eigenvalue weighted by molar-refractivity contribution is 0.0529. The average Bonchev–Trinajstić information content (AvgIpc) is 2.39. The van der Waals surface area contributed by atoms with Crippen LogP contribution in [-0.4, -0.2) is 37.8 Å². The number of aryl methyl sites for hydroxylation is 1. The number of pyridine rings is 1. The van der Waals surface area contributed by atoms with Crippen LogP contribution in [0.1, 0.15) is 25.1 Å². The van der Waals surface area contributed by atoms with E-state index in [2.05, 4.69) is 36.2 Å². The van der Waals surface area contributed by atoms with Gasteiger partial charge in [-0.25, -0.2) is 4.98 Å². The van der Waals surface area contributed by atoms with Crippen molar-refractivity contribution in [2.75, 3.05) is 31.6 Å². The minimum atomic E-state index is 0.290. The molecule has 0 radical (unpaired) electrons. The Balaban J connectivity index is 2.22. The molecule has 2 rings (SSSR count). The third kappa shape index (κ3) is 3.21. The molecule has 18 heavy (non-hydrogen) atoms. The fraction of sp³-hybridized carbons (Fsp3) is 0.643. The molecule has 1 saturated heterocycles. The molecule has 1 N–H and O–H groups in total. The molecule has 1 fully saturated rings. The summed E-state index contributed by atoms with van der Waals surface area (Å²) < 4.78 is 5.58. The summed E-state index contributed by atoms with van der Waals surface area (Å²) in [6.07, 6.45) is 1.27. The Morgan fingerprint density at radius 3 is 3.00 bits per heavy atom. The van der Waals surface area contributed by atoms with E-state index in [1.165, 1.54) is 5.56 Å². The van der Waals surface area contributed by atoms with Crippen LogP contribution in [0.2, 0.25) is 0 Å². The second-order valence-corrected chi connectivity index (χ2v) is 4.84. The van der Waals surface area contributed by atoms with Gasteiger partial charge < -0.3 is 15.0 Å². The Morgan fingerprint density at radius 1 is 1.50 bits per heavy atom. The second kappa shape index (κ2) is 6.16. The van der Waals surface area contributed by atoms with E-state index in [0.29, 0.717) is 6.10 Å². The van der Waals surface area contributed by atoms with Crippen molar-refractivity contribution in [3.63, 3.8) is 0 Å². The molecule has 0 aliphatic carbocycles. The first-order valence-electron chi connectivity index (χ1n) is 6.74. The Bertz CT molecular complexity index is 395. The SMILES string of the molecule is CCc1cc(CNC)cc(N2CCOC(C)C2)n1. The number of anilines is 1. The van der Waals surface area contributed by atoms with Gasteiger partial charge in [0.1, 0.15) is 5.82 Å². The third-order valence-electron chi connectivity index (χ3n) is 3.23. The van der Waals surface area contributed by atoms with Crippen LogP contribution in [-0.2, 0) is 17.7 Å². The van der Waals surface area contributed by atoms with Crippen LogP contribution in [0, 0.1) is 0 Å². The van der Waals surface area contributed by atoms with Crippen LogP contribution >= 0.6 is 0 Å². The van der Waals surface area contributed by atoms with E-state index in [0.717, 1.165) is 44.2 Å². The number of nitrogens with one attached hydrogen (secondary N) is 1. The molecular weight excluding hydrogens is 226 g/mol. The van der Waals surface area contributed by atoms with Gasteiger partial charge in [0, 0.05) is 25.3 Å². The highest BCUT2D eigenvalue weighted by atomic mass is 16.5. The molecule has 0 spiro atoms. The highest BCUT2D eigenvalue weighted by molar-refractivity contribution is 5.43. The van der Waals surface area contributed by atoms with Crippen molar-refractivity contribution < 1.29 is 4.74 Å². The van der Waals surface area contributed by atoms with Gasteiger partial charge in [-0.05, 0) is 38.1 Å². The van der Waals surface area contributed by atoms with Crippen molar-refractivity contribution in [1.29, 1.82) is 0 Å². The summed E-state index contributed by atoms with van der Waals surface area (Å²) in [7, 11) is 1.97. The van der Waals surface area contributed by atoms with Gasteiger partial charge in [-0.3, -0.25) is 0 Å². The van der Waals surface area contributed by atoms with Crippen molar-refractivity contribution in [2.24, 2.45) is 0 Å². The Labute approximate surface area is 109 Å². The van der Waals surface area contributed by atoms with E-state index >= 15 is 0 Å². The Kier molecular flexibility index (Phi) is 4.55. The molecule has 0 aromatic carbocycles. The van der Waals surface area contributed by atoms with Crippen molar-refractivity contribution in [1.82, 2.24) is 10.3 Å². The highest BCUT2D eigenvalue weighted by Crippen LogP contribution is 2.18. The number of nitrogens with zero attached hydrogens (tertiary/aromatic N) is 2. The lowest BCUT2D eigenvalue weighted by Crippen LogP contribution is -2.41. The van der Waals surface area contributed by atoms with Crippen molar-refractivity contribution in [3.8, 4) is 0 Å². The molecule has 1 aromatic heterocycles. The summed E-state index contributed by atoms with van der Waals surface area (Å²) in [4.78, 5) is 7.06. The quantitative estimate of drug-likeness (QED) is 0.879. The van der Waals surface area contributed by atoms with Gasteiger partial charge in [0.05, 0.1) is 12.7 Å². The molecule has 4 heteroatoms. The minimum absolute atomic E-state index is 0.290. The maximum atomic E-state index is 5.58. The van der Waals surface area contributed by atoms with Crippen LogP contribution < -0.4 is 10.2 Å². The molecule has 100 valence electrons. The third-order valence-corrected chi connectivity index (χ3v) is 3.23. The van der Waals surface area contributed by atoms with E-state index in [1.54, 1.807) is 0 Å². The van der Waals surface area contributed by atoms with Crippen molar-refractivity contribution in [3.05, 3.63) is 23.4 Å². The molecule has 2 heterocycles. The van der Waals surface area contributed by atoms with Crippen LogP contribution in [0.5, 0.6) is 0 Å². The maximum Gasteiger partial charge on any atom is 0.129 e. The van der Waals surface area contributed by atoms with E-state index < -0.39 is 0 Å². The molecule has 0 saturated carbocycles. The largest absolute Gasteiger partial charge is 0.375 e. The summed E-state index contributed by atoms with van der Waals surface area (Å²) >= 11 is 0. The van der Waals surface area contributed by atoms with Crippen LogP contribution in [0.25, 0.3) is 0 Å². The van der Waals surface area contributed by atoms with Gasteiger partial charge in [-0.1, -0.05) is 6.92 Å². The molecule has 4 nitrogen and oxygen atoms in total. The molecule has 0 amide bonds. The Morgan fingerprint density at radius 2 is 2.33 bits per heavy atom. The smallest absolute Gasteiger partial charge is 0.129 e. The van der Waals surface area contributed by atoms with E-state index in [-0.39, 0.29) is 0 Å². The fourth-order valence-corrected chi connectivity index (χ4v) is 2.31. The van der Waals surface area contributed by atoms with Gasteiger partial charge in [-0.15, -0.1) is 0 Å². The predicted molar refractivity (Wildman–Crippen MR) is 74.0 cm³/mol. The molecule has 1 aliphatic heterocycles. The van der Waals surface area contributed by atoms with Crippen LogP contribution in [0.15, 0.2) is 12.1 Å². The summed E-state index contributed by atoms with van der Waals surface area (Å²) in [5, 5.41) is 3.20. The second-order valence-electron chi connectivity index (χ2n) is 4.84. The molecular formula is C14H23N3O. The van der Waals surface area contributed by atoms with Gasteiger partial charge in [0.25, 0.3) is 0 Å². The summed E-state index contributed by atoms with van der Waals surface area (Å²) in [6, 6.07) is 4.37. The van der Waals surface area contributed by atoms with Crippen molar-refractivity contribution >= 4 is 5.82 Å². The normalized spacial score (nSPS) is 20.2. The topological polar surface area (TPSA) is 37.4 Å². The zero-order valence-electron chi connectivity index (χ0n) is 11.6. The number of aromatic nitrogens is 1. The van der Waals surface area contributed by atoms with Gasteiger partial charge in [0.2, 0.25) is 0 Å². The number of morpholine rings is 1. The lowest BCUT2D eigenvalue weighted by Gasteiger charge is -2.32. The first-order valence-corrected chi connectivity index (χ1v) is 6.74. The molecule has 1 atom stereocenters. The van der Waals surface area contributed by atoms with Crippen molar-refractivity contribution in [2.45, 2.75) is 32.9 Å². The van der Waals surface area contributed by atoms with Crippen LogP contribution in [0.4, 0.5) is 5.82 Å². The average molecular weight is 249 g/mol. The molecule has 1 aliphatic rings. The first kappa shape index (κ1) is 13.3. The first-order chi connectivity index (χ1) is 8.72. The van der Waals surface area contributed by atoms with E-state index in [4.69, 9.17) is 9.72 Å². The summed E-state index contributed by atoms with van der Waals surface area (Å²) in [6.45, 7) is 7.81. The summed E-state index contributed by atoms with van der Waals surface area (Å²) in [5.74, 6) is 1.09. The minimum Gasteiger partial charge on any atom is -0.375 e. The number of hydrogen-bond donors (Lipinski definition) is 1. The molecule has 1 aromatic rings. The van der Waals surface area contributed by atoms with Crippen LogP contribution in [0.3, 0.4) is 0 Å². The standard InChI is InChI=1S/C14H23N3O/c1-4-13-7-12(9-15-3)8-14(16-13)17-5-6-18-11(2)10-17/h7-8,11,15H,4-6,9-10H2,1-3H3. The Hall–Kier alpha value is -1.13. The highest BCUT2D eigenvalue weighted by Gasteiger charge is 2.18. The van der Waals surface area contributed by atoms with E-state index in [1.807, 2.05) is 7.05 Å². The number of hydrogen-bond acceptors (Lipinski definition) is 4. The fourth-order valence-electron chi connectivity index (χ4n) is 2.31. The lowest BCUT2D eigenvalue weighted by atomic mass is 10.1. The molecule has 0 bridgehead atoms. The zero-order chi connectivity index (χ0) is 13.0. The monoisotopic (exact) mass is 249 g/mol. The van der Waals surface area contributed by atoms with Gasteiger partial charge in [-0.2, -0.15) is 0 Å². The summed E-state index contributed by atoms with van der Waals surface area (Å²) in [5.41, 5.74) is 2.47. The maximum absolute atomic E-state index is 5.58. The van der Waals surface area contributed by atoms with Gasteiger partial charge in [0.15, 0.2) is 0 Å². The molecule has 1 unspecified atom stereocenters. The van der Waals surface area contributed by atoms with Gasteiger partial charge >= 0.3 is 0 Å². The zero-order valence-corrected chi connectivity index (χ0v) is 11.6. The predicted octanol–water partition coefficient (Wildman–Crippen LogP) is 1.59. The van der Waals surface area contributed by atoms with E-state index in [9.17, 15) is 0 Å². The number of ether oxygens (including phenoxy) is 1.